The van der Waals surface area contributed by atoms with E-state index < -0.39 is 0 Å². The van der Waals surface area contributed by atoms with Crippen LogP contribution in [0.4, 0.5) is 0 Å². The fourth-order valence-corrected chi connectivity index (χ4v) is 2.32. The van der Waals surface area contributed by atoms with E-state index in [1.54, 1.807) is 0 Å². The smallest absolute Gasteiger partial charge is 0.0702 e. The predicted molar refractivity (Wildman–Crippen MR) is 85.5 cm³/mol. The zero-order valence-corrected chi connectivity index (χ0v) is 12.7. The highest BCUT2D eigenvalue weighted by molar-refractivity contribution is 5.78. The summed E-state index contributed by atoms with van der Waals surface area (Å²) in [5, 5.41) is 1.21. The van der Waals surface area contributed by atoms with Crippen LogP contribution in [-0.2, 0) is 6.54 Å². The van der Waals surface area contributed by atoms with Gasteiger partial charge in [0.2, 0.25) is 0 Å². The van der Waals surface area contributed by atoms with E-state index in [9.17, 15) is 0 Å². The average Bonchev–Trinajstić information content (AvgIpc) is 2.44. The molecule has 2 rings (SSSR count). The molecule has 1 aromatic carbocycles. The lowest BCUT2D eigenvalue weighted by Crippen LogP contribution is -2.31. The monoisotopic (exact) mass is 271 g/mol. The molecule has 0 aliphatic heterocycles. The van der Waals surface area contributed by atoms with Crippen molar-refractivity contribution in [2.75, 3.05) is 13.6 Å². The SMILES string of the molecule is CC(C)C(N)CCN(C)Cc1ccc2ncccc2c1. The molecule has 0 aliphatic carbocycles. The number of nitrogens with zero attached hydrogens (tertiary/aromatic N) is 2. The number of hydrogen-bond donors (Lipinski definition) is 1. The van der Waals surface area contributed by atoms with Crippen molar-refractivity contribution in [3.63, 3.8) is 0 Å². The van der Waals surface area contributed by atoms with Crippen molar-refractivity contribution < 1.29 is 0 Å². The van der Waals surface area contributed by atoms with Gasteiger partial charge in [-0.3, -0.25) is 4.98 Å². The first-order chi connectivity index (χ1) is 9.56. The Hall–Kier alpha value is -1.45. The Morgan fingerprint density at radius 3 is 2.80 bits per heavy atom. The Balaban J connectivity index is 1.94. The van der Waals surface area contributed by atoms with E-state index in [4.69, 9.17) is 5.73 Å². The van der Waals surface area contributed by atoms with Gasteiger partial charge >= 0.3 is 0 Å². The van der Waals surface area contributed by atoms with Gasteiger partial charge in [0.1, 0.15) is 0 Å². The molecule has 0 fully saturated rings. The third kappa shape index (κ3) is 4.02. The summed E-state index contributed by atoms with van der Waals surface area (Å²) < 4.78 is 0. The maximum Gasteiger partial charge on any atom is 0.0702 e. The van der Waals surface area contributed by atoms with E-state index in [0.29, 0.717) is 12.0 Å². The number of benzene rings is 1. The lowest BCUT2D eigenvalue weighted by Gasteiger charge is -2.21. The Labute approximate surface area is 121 Å². The minimum Gasteiger partial charge on any atom is -0.327 e. The minimum atomic E-state index is 0.290. The second-order valence-electron chi connectivity index (χ2n) is 5.96. The van der Waals surface area contributed by atoms with Crippen LogP contribution in [0.2, 0.25) is 0 Å². The molecule has 3 heteroatoms. The molecule has 0 aliphatic rings. The zero-order valence-electron chi connectivity index (χ0n) is 12.7. The van der Waals surface area contributed by atoms with Crippen LogP contribution in [0, 0.1) is 5.92 Å². The van der Waals surface area contributed by atoms with E-state index in [0.717, 1.165) is 25.0 Å². The number of hydrogen-bond acceptors (Lipinski definition) is 3. The number of nitrogens with two attached hydrogens (primary N) is 1. The van der Waals surface area contributed by atoms with Crippen LogP contribution in [0.15, 0.2) is 36.5 Å². The topological polar surface area (TPSA) is 42.1 Å². The summed E-state index contributed by atoms with van der Waals surface area (Å²) in [5.74, 6) is 0.551. The van der Waals surface area contributed by atoms with Crippen molar-refractivity contribution in [2.45, 2.75) is 32.9 Å². The van der Waals surface area contributed by atoms with E-state index in [-0.39, 0.29) is 0 Å². The molecule has 0 saturated heterocycles. The summed E-state index contributed by atoms with van der Waals surface area (Å²) in [5.41, 5.74) is 8.48. The van der Waals surface area contributed by atoms with Crippen LogP contribution >= 0.6 is 0 Å². The maximum atomic E-state index is 6.10. The van der Waals surface area contributed by atoms with Crippen LogP contribution in [0.5, 0.6) is 0 Å². The van der Waals surface area contributed by atoms with Crippen molar-refractivity contribution in [1.82, 2.24) is 9.88 Å². The van der Waals surface area contributed by atoms with Gasteiger partial charge in [0.25, 0.3) is 0 Å². The maximum absolute atomic E-state index is 6.10. The predicted octanol–water partition coefficient (Wildman–Crippen LogP) is 3.04. The Kier molecular flexibility index (Phi) is 5.10. The molecule has 2 N–H and O–H groups in total. The van der Waals surface area contributed by atoms with Crippen molar-refractivity contribution in [2.24, 2.45) is 11.7 Å². The highest BCUT2D eigenvalue weighted by Crippen LogP contribution is 2.15. The van der Waals surface area contributed by atoms with Gasteiger partial charge < -0.3 is 10.6 Å². The first kappa shape index (κ1) is 14.9. The summed E-state index contributed by atoms with van der Waals surface area (Å²) in [7, 11) is 2.15. The van der Waals surface area contributed by atoms with Crippen molar-refractivity contribution >= 4 is 10.9 Å². The number of rotatable bonds is 6. The number of fused-ring (bicyclic) bond motifs is 1. The molecule has 20 heavy (non-hydrogen) atoms. The second-order valence-corrected chi connectivity index (χ2v) is 5.96. The van der Waals surface area contributed by atoms with Gasteiger partial charge in [-0.05, 0) is 49.7 Å². The highest BCUT2D eigenvalue weighted by atomic mass is 15.1. The van der Waals surface area contributed by atoms with Gasteiger partial charge in [0.15, 0.2) is 0 Å². The van der Waals surface area contributed by atoms with E-state index in [2.05, 4.69) is 55.0 Å². The van der Waals surface area contributed by atoms with Crippen LogP contribution in [-0.4, -0.2) is 29.5 Å². The first-order valence-electron chi connectivity index (χ1n) is 7.34. The molecule has 0 radical (unpaired) electrons. The molecule has 1 heterocycles. The molecule has 0 amide bonds. The van der Waals surface area contributed by atoms with Crippen molar-refractivity contribution in [3.05, 3.63) is 42.1 Å². The lowest BCUT2D eigenvalue weighted by atomic mass is 10.0. The zero-order chi connectivity index (χ0) is 14.5. The first-order valence-corrected chi connectivity index (χ1v) is 7.34. The summed E-state index contributed by atoms with van der Waals surface area (Å²) in [4.78, 5) is 6.68. The molecule has 1 atom stereocenters. The molecule has 1 unspecified atom stereocenters. The third-order valence-corrected chi connectivity index (χ3v) is 3.82. The van der Waals surface area contributed by atoms with Gasteiger partial charge in [-0.15, -0.1) is 0 Å². The lowest BCUT2D eigenvalue weighted by molar-refractivity contribution is 0.296. The Morgan fingerprint density at radius 2 is 2.05 bits per heavy atom. The molecule has 0 saturated carbocycles. The van der Waals surface area contributed by atoms with Gasteiger partial charge in [-0.1, -0.05) is 26.0 Å². The van der Waals surface area contributed by atoms with E-state index >= 15 is 0 Å². The highest BCUT2D eigenvalue weighted by Gasteiger charge is 2.09. The average molecular weight is 271 g/mol. The van der Waals surface area contributed by atoms with Crippen LogP contribution < -0.4 is 5.73 Å². The standard InChI is InChI=1S/C17H25N3/c1-13(2)16(18)8-10-20(3)12-14-6-7-17-15(11-14)5-4-9-19-17/h4-7,9,11,13,16H,8,10,12,18H2,1-3H3. The summed E-state index contributed by atoms with van der Waals surface area (Å²) >= 11 is 0. The van der Waals surface area contributed by atoms with Gasteiger partial charge in [0, 0.05) is 24.2 Å². The summed E-state index contributed by atoms with van der Waals surface area (Å²) in [6, 6.07) is 10.9. The van der Waals surface area contributed by atoms with Crippen LogP contribution in [0.25, 0.3) is 10.9 Å². The molecule has 2 aromatic rings. The third-order valence-electron chi connectivity index (χ3n) is 3.82. The fraction of sp³-hybridized carbons (Fsp3) is 0.471. The quantitative estimate of drug-likeness (QED) is 0.878. The van der Waals surface area contributed by atoms with E-state index in [1.807, 2.05) is 12.3 Å². The molecule has 3 nitrogen and oxygen atoms in total. The molecular weight excluding hydrogens is 246 g/mol. The summed E-state index contributed by atoms with van der Waals surface area (Å²) in [6.45, 7) is 6.35. The summed E-state index contributed by atoms with van der Waals surface area (Å²) in [6.07, 6.45) is 2.88. The van der Waals surface area contributed by atoms with Crippen molar-refractivity contribution in [1.29, 1.82) is 0 Å². The Bertz CT molecular complexity index is 551. The number of aromatic nitrogens is 1. The normalized spacial score (nSPS) is 13.3. The van der Waals surface area contributed by atoms with Gasteiger partial charge in [0.05, 0.1) is 5.52 Å². The number of pyridine rings is 1. The van der Waals surface area contributed by atoms with Crippen LogP contribution in [0.1, 0.15) is 25.8 Å². The molecule has 1 aromatic heterocycles. The largest absolute Gasteiger partial charge is 0.327 e. The minimum absolute atomic E-state index is 0.290. The van der Waals surface area contributed by atoms with Gasteiger partial charge in [-0.2, -0.15) is 0 Å². The molecule has 108 valence electrons. The molecule has 0 spiro atoms. The molecular formula is C17H25N3. The molecule has 0 bridgehead atoms. The second kappa shape index (κ2) is 6.82. The van der Waals surface area contributed by atoms with E-state index in [1.165, 1.54) is 10.9 Å². The van der Waals surface area contributed by atoms with Crippen molar-refractivity contribution in [3.8, 4) is 0 Å². The van der Waals surface area contributed by atoms with Gasteiger partial charge in [-0.25, -0.2) is 0 Å². The Morgan fingerprint density at radius 1 is 1.25 bits per heavy atom. The van der Waals surface area contributed by atoms with Crippen LogP contribution in [0.3, 0.4) is 0 Å². The fourth-order valence-electron chi connectivity index (χ4n) is 2.32.